The van der Waals surface area contributed by atoms with Crippen molar-refractivity contribution in [1.29, 1.82) is 0 Å². The zero-order valence-electron chi connectivity index (χ0n) is 18.3. The summed E-state index contributed by atoms with van der Waals surface area (Å²) in [5, 5.41) is 19.3. The number of furan rings is 1. The van der Waals surface area contributed by atoms with Crippen LogP contribution in [0.25, 0.3) is 33.2 Å². The Balaban J connectivity index is 1.36. The second-order valence-corrected chi connectivity index (χ2v) is 8.47. The Hall–Kier alpha value is -4.33. The lowest BCUT2D eigenvalue weighted by Crippen LogP contribution is -2.13. The van der Waals surface area contributed by atoms with Crippen LogP contribution in [0.15, 0.2) is 72.1 Å². The van der Waals surface area contributed by atoms with E-state index in [-0.39, 0.29) is 6.17 Å². The fourth-order valence-electron chi connectivity index (χ4n) is 4.28. The van der Waals surface area contributed by atoms with Crippen molar-refractivity contribution in [3.8, 4) is 22.3 Å². The number of nitrogens with zero attached hydrogens (tertiary/aromatic N) is 3. The number of H-pyrrole nitrogens is 1. The Morgan fingerprint density at radius 1 is 0.939 bits per heavy atom. The van der Waals surface area contributed by atoms with Gasteiger partial charge in [-0.2, -0.15) is 5.10 Å². The normalized spacial score (nSPS) is 14.8. The molecule has 5 aromatic rings. The van der Waals surface area contributed by atoms with Gasteiger partial charge < -0.3 is 20.4 Å². The third kappa shape index (κ3) is 3.45. The Morgan fingerprint density at radius 3 is 2.70 bits per heavy atom. The third-order valence-corrected chi connectivity index (χ3v) is 5.77. The maximum atomic E-state index is 5.27. The number of aromatic nitrogens is 4. The zero-order valence-corrected chi connectivity index (χ0v) is 18.3. The lowest BCUT2D eigenvalue weighted by molar-refractivity contribution is 0.568. The third-order valence-electron chi connectivity index (χ3n) is 5.77. The summed E-state index contributed by atoms with van der Waals surface area (Å²) in [5.41, 5.74) is 8.91. The second kappa shape index (κ2) is 7.67. The van der Waals surface area contributed by atoms with Crippen LogP contribution in [-0.4, -0.2) is 26.2 Å². The summed E-state index contributed by atoms with van der Waals surface area (Å²) in [4.78, 5) is 8.81. The van der Waals surface area contributed by atoms with Gasteiger partial charge in [-0.15, -0.1) is 0 Å². The molecular formula is C25H23N7O. The number of aromatic amines is 1. The maximum Gasteiger partial charge on any atom is 0.141 e. The number of fused-ring (bicyclic) bond motifs is 2. The van der Waals surface area contributed by atoms with Crippen LogP contribution in [0.2, 0.25) is 0 Å². The van der Waals surface area contributed by atoms with E-state index < -0.39 is 0 Å². The van der Waals surface area contributed by atoms with Crippen LogP contribution in [0.4, 0.5) is 17.1 Å². The molecular weight excluding hydrogens is 414 g/mol. The van der Waals surface area contributed by atoms with Gasteiger partial charge in [0.25, 0.3) is 0 Å². The molecule has 0 amide bonds. The molecule has 1 aliphatic heterocycles. The van der Waals surface area contributed by atoms with Gasteiger partial charge in [0.15, 0.2) is 0 Å². The van der Waals surface area contributed by atoms with Gasteiger partial charge in [0.1, 0.15) is 6.17 Å². The highest BCUT2D eigenvalue weighted by Crippen LogP contribution is 2.42. The van der Waals surface area contributed by atoms with Gasteiger partial charge in [-0.1, -0.05) is 6.07 Å². The number of anilines is 3. The average molecular weight is 438 g/mol. The van der Waals surface area contributed by atoms with Crippen LogP contribution in [0.1, 0.15) is 25.7 Å². The first kappa shape index (κ1) is 19.4. The molecule has 8 nitrogen and oxygen atoms in total. The summed E-state index contributed by atoms with van der Waals surface area (Å²) < 4.78 is 5.27. The summed E-state index contributed by atoms with van der Waals surface area (Å²) >= 11 is 0. The van der Waals surface area contributed by atoms with Gasteiger partial charge in [0.05, 0.1) is 47.0 Å². The minimum atomic E-state index is -0.165. The molecule has 1 unspecified atom stereocenters. The van der Waals surface area contributed by atoms with Gasteiger partial charge in [-0.3, -0.25) is 15.1 Å². The zero-order chi connectivity index (χ0) is 22.4. The van der Waals surface area contributed by atoms with Crippen LogP contribution in [0, 0.1) is 0 Å². The van der Waals surface area contributed by atoms with E-state index >= 15 is 0 Å². The number of benzene rings is 1. The van der Waals surface area contributed by atoms with Gasteiger partial charge in [0, 0.05) is 46.7 Å². The summed E-state index contributed by atoms with van der Waals surface area (Å²) in [5.74, 6) is 0. The van der Waals surface area contributed by atoms with Crippen molar-refractivity contribution in [2.75, 3.05) is 16.0 Å². The lowest BCUT2D eigenvalue weighted by atomic mass is 10.0. The molecule has 0 bridgehead atoms. The van der Waals surface area contributed by atoms with Crippen LogP contribution < -0.4 is 16.0 Å². The molecule has 1 aliphatic rings. The fourth-order valence-corrected chi connectivity index (χ4v) is 4.28. The topological polar surface area (TPSA) is 104 Å². The lowest BCUT2D eigenvalue weighted by Gasteiger charge is -2.12. The summed E-state index contributed by atoms with van der Waals surface area (Å²) in [6.07, 6.45) is 10.6. The first-order valence-corrected chi connectivity index (χ1v) is 10.9. The van der Waals surface area contributed by atoms with E-state index in [0.29, 0.717) is 6.04 Å². The highest BCUT2D eigenvalue weighted by atomic mass is 16.3. The molecule has 33 heavy (non-hydrogen) atoms. The SMILES string of the molecule is CC(C)Nc1cncc(-c2ccc3n[nH]c(C4Nc5cncc(-c6ccoc6)c5N4)c3c2)c1. The van der Waals surface area contributed by atoms with Crippen LogP contribution in [0.3, 0.4) is 0 Å². The predicted molar refractivity (Wildman–Crippen MR) is 130 cm³/mol. The van der Waals surface area contributed by atoms with Crippen molar-refractivity contribution in [3.05, 3.63) is 73.3 Å². The fraction of sp³-hybridized carbons (Fsp3) is 0.160. The number of hydrogen-bond acceptors (Lipinski definition) is 7. The van der Waals surface area contributed by atoms with Crippen LogP contribution in [0.5, 0.6) is 0 Å². The largest absolute Gasteiger partial charge is 0.472 e. The van der Waals surface area contributed by atoms with Gasteiger partial charge in [-0.25, -0.2) is 0 Å². The van der Waals surface area contributed by atoms with E-state index in [0.717, 1.165) is 55.9 Å². The Bertz CT molecular complexity index is 1440. The van der Waals surface area contributed by atoms with Crippen LogP contribution >= 0.6 is 0 Å². The molecule has 0 saturated carbocycles. The second-order valence-electron chi connectivity index (χ2n) is 8.47. The average Bonchev–Trinajstić information content (AvgIpc) is 3.57. The van der Waals surface area contributed by atoms with E-state index in [1.54, 1.807) is 12.5 Å². The minimum absolute atomic E-state index is 0.165. The number of hydrogen-bond donors (Lipinski definition) is 4. The standard InChI is InChI=1S/C25H23N7O/c1-14(2)28-18-7-17(9-26-10-18)15-3-4-21-19(8-15)24(32-31-21)25-29-22-12-27-11-20(23(22)30-25)16-5-6-33-13-16/h3-14,25,28-30H,1-2H3,(H,31,32). The molecule has 5 heterocycles. The quantitative estimate of drug-likeness (QED) is 0.282. The van der Waals surface area contributed by atoms with E-state index in [2.05, 4.69) is 68.2 Å². The monoisotopic (exact) mass is 437 g/mol. The number of rotatable bonds is 5. The Kier molecular flexibility index (Phi) is 4.50. The molecule has 8 heteroatoms. The van der Waals surface area contributed by atoms with Gasteiger partial charge in [0.2, 0.25) is 0 Å². The highest BCUT2D eigenvalue weighted by molar-refractivity contribution is 5.92. The van der Waals surface area contributed by atoms with Gasteiger partial charge >= 0.3 is 0 Å². The van der Waals surface area contributed by atoms with Crippen molar-refractivity contribution >= 4 is 28.0 Å². The van der Waals surface area contributed by atoms with Gasteiger partial charge in [-0.05, 0) is 43.7 Å². The van der Waals surface area contributed by atoms with Crippen molar-refractivity contribution < 1.29 is 4.42 Å². The highest BCUT2D eigenvalue weighted by Gasteiger charge is 2.27. The minimum Gasteiger partial charge on any atom is -0.472 e. The molecule has 6 rings (SSSR count). The Morgan fingerprint density at radius 2 is 1.85 bits per heavy atom. The molecule has 4 N–H and O–H groups in total. The smallest absolute Gasteiger partial charge is 0.141 e. The van der Waals surface area contributed by atoms with E-state index in [1.807, 2.05) is 36.9 Å². The molecule has 4 aromatic heterocycles. The molecule has 1 aromatic carbocycles. The van der Waals surface area contributed by atoms with Crippen molar-refractivity contribution in [2.45, 2.75) is 26.1 Å². The van der Waals surface area contributed by atoms with Crippen molar-refractivity contribution in [2.24, 2.45) is 0 Å². The molecule has 0 saturated heterocycles. The van der Waals surface area contributed by atoms with E-state index in [9.17, 15) is 0 Å². The van der Waals surface area contributed by atoms with Crippen molar-refractivity contribution in [1.82, 2.24) is 20.2 Å². The van der Waals surface area contributed by atoms with E-state index in [1.165, 1.54) is 0 Å². The Labute approximate surface area is 190 Å². The van der Waals surface area contributed by atoms with Crippen LogP contribution in [-0.2, 0) is 0 Å². The summed E-state index contributed by atoms with van der Waals surface area (Å²) in [6, 6.07) is 10.7. The first-order chi connectivity index (χ1) is 16.2. The predicted octanol–water partition coefficient (Wildman–Crippen LogP) is 5.64. The molecule has 0 fully saturated rings. The first-order valence-electron chi connectivity index (χ1n) is 10.9. The summed E-state index contributed by atoms with van der Waals surface area (Å²) in [7, 11) is 0. The number of nitrogens with one attached hydrogen (secondary N) is 4. The number of pyridine rings is 2. The maximum absolute atomic E-state index is 5.27. The molecule has 0 radical (unpaired) electrons. The molecule has 0 spiro atoms. The summed E-state index contributed by atoms with van der Waals surface area (Å²) in [6.45, 7) is 4.23. The molecule has 0 aliphatic carbocycles. The van der Waals surface area contributed by atoms with E-state index in [4.69, 9.17) is 4.42 Å². The molecule has 164 valence electrons. The van der Waals surface area contributed by atoms with Crippen molar-refractivity contribution in [3.63, 3.8) is 0 Å². The molecule has 1 atom stereocenters.